The number of carboxylic acids is 2. The van der Waals surface area contributed by atoms with Crippen molar-refractivity contribution in [1.29, 1.82) is 0 Å². The Morgan fingerprint density at radius 1 is 1.07 bits per heavy atom. The highest BCUT2D eigenvalue weighted by Gasteiger charge is 1.73. The van der Waals surface area contributed by atoms with Gasteiger partial charge in [0.1, 0.15) is 0 Å². The molecule has 0 aliphatic heterocycles. The first-order valence-corrected chi connectivity index (χ1v) is 4.24. The summed E-state index contributed by atoms with van der Waals surface area (Å²) in [4.78, 5) is 18.5. The number of carbonyl (C=O) groups is 2. The fourth-order valence-corrected chi connectivity index (χ4v) is 0.204. The fraction of sp³-hybridized carbons (Fsp3) is 0.400. The van der Waals surface area contributed by atoms with E-state index in [1.807, 2.05) is 13.8 Å². The van der Waals surface area contributed by atoms with E-state index in [2.05, 4.69) is 13.2 Å². The number of hydrogen-bond acceptors (Lipinski definition) is 3. The van der Waals surface area contributed by atoms with E-state index >= 15 is 0 Å². The van der Waals surface area contributed by atoms with Gasteiger partial charge in [-0.25, -0.2) is 9.59 Å². The number of aliphatic carboxylic acids is 2. The minimum Gasteiger partial charge on any atom is -0.478 e. The summed E-state index contributed by atoms with van der Waals surface area (Å²) >= 11 is 0. The SMILES string of the molecule is C=CC(=O)O.C=CC(=O)O.CCOCC. The van der Waals surface area contributed by atoms with Crippen LogP contribution in [0.3, 0.4) is 0 Å². The predicted octanol–water partition coefficient (Wildman–Crippen LogP) is 1.56. The van der Waals surface area contributed by atoms with Gasteiger partial charge in [0.05, 0.1) is 0 Å². The minimum atomic E-state index is -0.981. The minimum absolute atomic E-state index is 0.833. The molecule has 0 atom stereocenters. The molecule has 0 rings (SSSR count). The van der Waals surface area contributed by atoms with Crippen molar-refractivity contribution in [3.63, 3.8) is 0 Å². The molecule has 0 aromatic rings. The summed E-state index contributed by atoms with van der Waals surface area (Å²) in [5.41, 5.74) is 0. The highest BCUT2D eigenvalue weighted by molar-refractivity contribution is 5.79. The Morgan fingerprint density at radius 2 is 1.27 bits per heavy atom. The average molecular weight is 218 g/mol. The van der Waals surface area contributed by atoms with Crippen molar-refractivity contribution in [2.75, 3.05) is 13.2 Å². The maximum absolute atomic E-state index is 9.25. The number of ether oxygens (including phenoxy) is 1. The van der Waals surface area contributed by atoms with Gasteiger partial charge in [-0.15, -0.1) is 0 Å². The first-order valence-electron chi connectivity index (χ1n) is 4.24. The van der Waals surface area contributed by atoms with Crippen molar-refractivity contribution < 1.29 is 24.5 Å². The number of rotatable bonds is 4. The van der Waals surface area contributed by atoms with Crippen LogP contribution in [-0.2, 0) is 14.3 Å². The van der Waals surface area contributed by atoms with E-state index in [9.17, 15) is 9.59 Å². The summed E-state index contributed by atoms with van der Waals surface area (Å²) < 4.78 is 4.83. The van der Waals surface area contributed by atoms with Crippen molar-refractivity contribution in [3.8, 4) is 0 Å². The molecule has 0 heterocycles. The molecule has 5 heteroatoms. The highest BCUT2D eigenvalue weighted by Crippen LogP contribution is 1.64. The molecule has 0 unspecified atom stereocenters. The van der Waals surface area contributed by atoms with Gasteiger partial charge >= 0.3 is 11.9 Å². The van der Waals surface area contributed by atoms with Gasteiger partial charge in [0.2, 0.25) is 0 Å². The zero-order valence-corrected chi connectivity index (χ0v) is 9.10. The maximum atomic E-state index is 9.25. The summed E-state index contributed by atoms with van der Waals surface area (Å²) in [7, 11) is 0. The molecular formula is C10H18O5. The van der Waals surface area contributed by atoms with Gasteiger partial charge < -0.3 is 14.9 Å². The van der Waals surface area contributed by atoms with E-state index in [1.54, 1.807) is 0 Å². The largest absolute Gasteiger partial charge is 0.478 e. The normalized spacial score (nSPS) is 7.07. The Kier molecular flexibility index (Phi) is 23.1. The van der Waals surface area contributed by atoms with Crippen LogP contribution >= 0.6 is 0 Å². The molecule has 0 aromatic carbocycles. The molecule has 0 fully saturated rings. The van der Waals surface area contributed by atoms with E-state index < -0.39 is 11.9 Å². The summed E-state index contributed by atoms with van der Waals surface area (Å²) in [6.45, 7) is 11.6. The summed E-state index contributed by atoms with van der Waals surface area (Å²) in [5.74, 6) is -1.96. The quantitative estimate of drug-likeness (QED) is 0.699. The van der Waals surface area contributed by atoms with Crippen LogP contribution in [0.5, 0.6) is 0 Å². The summed E-state index contributed by atoms with van der Waals surface area (Å²) in [5, 5.41) is 15.2. The monoisotopic (exact) mass is 218 g/mol. The summed E-state index contributed by atoms with van der Waals surface area (Å²) in [6.07, 6.45) is 1.67. The van der Waals surface area contributed by atoms with Crippen molar-refractivity contribution >= 4 is 11.9 Å². The second kappa shape index (κ2) is 18.2. The molecular weight excluding hydrogens is 200 g/mol. The lowest BCUT2D eigenvalue weighted by atomic mass is 10.7. The van der Waals surface area contributed by atoms with Gasteiger partial charge in [0.25, 0.3) is 0 Å². The van der Waals surface area contributed by atoms with E-state index in [-0.39, 0.29) is 0 Å². The lowest BCUT2D eigenvalue weighted by Gasteiger charge is -1.86. The second-order valence-corrected chi connectivity index (χ2v) is 1.87. The molecule has 0 aliphatic rings. The molecule has 0 aliphatic carbocycles. The van der Waals surface area contributed by atoms with Crippen LogP contribution in [0.25, 0.3) is 0 Å². The van der Waals surface area contributed by atoms with Crippen LogP contribution in [0.15, 0.2) is 25.3 Å². The average Bonchev–Trinajstić information content (AvgIpc) is 2.20. The molecule has 0 aromatic heterocycles. The van der Waals surface area contributed by atoms with Crippen LogP contribution in [0.2, 0.25) is 0 Å². The first-order chi connectivity index (χ1) is 6.95. The Bertz CT molecular complexity index is 166. The van der Waals surface area contributed by atoms with Crippen molar-refractivity contribution in [2.24, 2.45) is 0 Å². The van der Waals surface area contributed by atoms with Crippen molar-refractivity contribution in [1.82, 2.24) is 0 Å². The number of hydrogen-bond donors (Lipinski definition) is 2. The molecule has 5 nitrogen and oxygen atoms in total. The molecule has 15 heavy (non-hydrogen) atoms. The molecule has 0 saturated carbocycles. The Morgan fingerprint density at radius 3 is 1.27 bits per heavy atom. The number of carboxylic acid groups (broad SMARTS) is 2. The third kappa shape index (κ3) is 69.5. The molecule has 0 spiro atoms. The standard InChI is InChI=1S/C4H10O.2C3H4O2/c1-3-5-4-2;2*1-2-3(4)5/h3-4H2,1-2H3;2*2H,1H2,(H,4,5). The van der Waals surface area contributed by atoms with Crippen LogP contribution < -0.4 is 0 Å². The molecule has 0 bridgehead atoms. The van der Waals surface area contributed by atoms with E-state index in [0.29, 0.717) is 0 Å². The Labute approximate surface area is 89.7 Å². The zero-order valence-electron chi connectivity index (χ0n) is 9.10. The van der Waals surface area contributed by atoms with Gasteiger partial charge in [-0.05, 0) is 13.8 Å². The van der Waals surface area contributed by atoms with Crippen LogP contribution in [-0.4, -0.2) is 35.4 Å². The topological polar surface area (TPSA) is 83.8 Å². The van der Waals surface area contributed by atoms with E-state index in [0.717, 1.165) is 25.4 Å². The lowest BCUT2D eigenvalue weighted by molar-refractivity contribution is -0.132. The molecule has 0 saturated heterocycles. The Balaban J connectivity index is -0.000000144. The second-order valence-electron chi connectivity index (χ2n) is 1.87. The third-order valence-corrected chi connectivity index (χ3v) is 0.757. The first kappa shape index (κ1) is 19.0. The van der Waals surface area contributed by atoms with Gasteiger partial charge in [0.15, 0.2) is 0 Å². The maximum Gasteiger partial charge on any atom is 0.327 e. The Hall–Kier alpha value is -1.62. The third-order valence-electron chi connectivity index (χ3n) is 0.757. The van der Waals surface area contributed by atoms with Crippen LogP contribution in [0, 0.1) is 0 Å². The van der Waals surface area contributed by atoms with Crippen molar-refractivity contribution in [2.45, 2.75) is 13.8 Å². The highest BCUT2D eigenvalue weighted by atomic mass is 16.5. The zero-order chi connectivity index (χ0) is 12.7. The molecule has 88 valence electrons. The van der Waals surface area contributed by atoms with E-state index in [1.165, 1.54) is 0 Å². The van der Waals surface area contributed by atoms with Gasteiger partial charge in [-0.2, -0.15) is 0 Å². The van der Waals surface area contributed by atoms with Gasteiger partial charge in [-0.3, -0.25) is 0 Å². The molecule has 0 radical (unpaired) electrons. The van der Waals surface area contributed by atoms with Gasteiger partial charge in [0, 0.05) is 25.4 Å². The smallest absolute Gasteiger partial charge is 0.327 e. The predicted molar refractivity (Wildman–Crippen MR) is 57.8 cm³/mol. The molecule has 2 N–H and O–H groups in total. The molecule has 0 amide bonds. The summed E-state index contributed by atoms with van der Waals surface area (Å²) in [6, 6.07) is 0. The lowest BCUT2D eigenvalue weighted by Crippen LogP contribution is -1.84. The fourth-order valence-electron chi connectivity index (χ4n) is 0.204. The van der Waals surface area contributed by atoms with E-state index in [4.69, 9.17) is 14.9 Å². The van der Waals surface area contributed by atoms with Gasteiger partial charge in [-0.1, -0.05) is 13.2 Å². The van der Waals surface area contributed by atoms with Crippen LogP contribution in [0.4, 0.5) is 0 Å². The van der Waals surface area contributed by atoms with Crippen molar-refractivity contribution in [3.05, 3.63) is 25.3 Å². The van der Waals surface area contributed by atoms with Crippen LogP contribution in [0.1, 0.15) is 13.8 Å².